The Morgan fingerprint density at radius 3 is 2.58 bits per heavy atom. The average Bonchev–Trinajstić information content (AvgIpc) is 3.13. The third kappa shape index (κ3) is 4.18. The number of rotatable bonds is 5. The van der Waals surface area contributed by atoms with E-state index in [1.807, 2.05) is 0 Å². The summed E-state index contributed by atoms with van der Waals surface area (Å²) in [6, 6.07) is 2.13. The highest BCUT2D eigenvalue weighted by Crippen LogP contribution is 2.34. The van der Waals surface area contributed by atoms with Gasteiger partial charge in [-0.25, -0.2) is 9.97 Å². The normalized spacial score (nSPS) is 27.2. The Kier molecular flexibility index (Phi) is 6.02. The molecule has 6 nitrogen and oxygen atoms in total. The quantitative estimate of drug-likeness (QED) is 0.815. The largest absolute Gasteiger partial charge is 0.381 e. The highest BCUT2D eigenvalue weighted by atomic mass is 16.5. The fraction of sp³-hybridized carbons (Fsp3) is 0.800. The van der Waals surface area contributed by atoms with Crippen molar-refractivity contribution in [2.45, 2.75) is 56.4 Å². The second-order valence-electron chi connectivity index (χ2n) is 7.98. The summed E-state index contributed by atoms with van der Waals surface area (Å²) < 4.78 is 11.1. The molecular weight excluding hydrogens is 328 g/mol. The molecule has 1 aromatic heterocycles. The van der Waals surface area contributed by atoms with E-state index >= 15 is 0 Å². The SMILES string of the molecule is c1nc(NCC2(N3CCOCC3)CCCCCC2)cc([C@@H]2CCOC2)n1. The van der Waals surface area contributed by atoms with E-state index in [0.717, 1.165) is 64.0 Å². The zero-order valence-corrected chi connectivity index (χ0v) is 15.8. The van der Waals surface area contributed by atoms with Gasteiger partial charge in [0.05, 0.1) is 25.5 Å². The van der Waals surface area contributed by atoms with Crippen LogP contribution in [0.15, 0.2) is 12.4 Å². The second kappa shape index (κ2) is 8.63. The van der Waals surface area contributed by atoms with Crippen molar-refractivity contribution in [2.75, 3.05) is 51.4 Å². The van der Waals surface area contributed by atoms with Gasteiger partial charge in [-0.3, -0.25) is 4.90 Å². The van der Waals surface area contributed by atoms with Gasteiger partial charge in [-0.15, -0.1) is 0 Å². The molecule has 2 aliphatic heterocycles. The molecule has 3 aliphatic rings. The van der Waals surface area contributed by atoms with E-state index in [0.29, 0.717) is 5.92 Å². The number of nitrogens with one attached hydrogen (secondary N) is 1. The first-order chi connectivity index (χ1) is 12.9. The summed E-state index contributed by atoms with van der Waals surface area (Å²) in [5.41, 5.74) is 1.35. The van der Waals surface area contributed by atoms with Gasteiger partial charge in [-0.1, -0.05) is 25.7 Å². The lowest BCUT2D eigenvalue weighted by Crippen LogP contribution is -2.56. The molecule has 1 aliphatic carbocycles. The van der Waals surface area contributed by atoms with Crippen molar-refractivity contribution >= 4 is 5.82 Å². The van der Waals surface area contributed by atoms with Gasteiger partial charge in [0.1, 0.15) is 12.1 Å². The Balaban J connectivity index is 1.46. The Labute approximate surface area is 156 Å². The lowest BCUT2D eigenvalue weighted by atomic mass is 9.87. The van der Waals surface area contributed by atoms with Crippen LogP contribution in [0.1, 0.15) is 56.6 Å². The van der Waals surface area contributed by atoms with Crippen molar-refractivity contribution in [1.82, 2.24) is 14.9 Å². The Morgan fingerprint density at radius 1 is 1.04 bits per heavy atom. The molecule has 3 fully saturated rings. The number of hydrogen-bond donors (Lipinski definition) is 1. The molecule has 0 amide bonds. The van der Waals surface area contributed by atoms with Crippen LogP contribution in [0.5, 0.6) is 0 Å². The second-order valence-corrected chi connectivity index (χ2v) is 7.98. The predicted molar refractivity (Wildman–Crippen MR) is 102 cm³/mol. The number of morpholine rings is 1. The number of anilines is 1. The number of hydrogen-bond acceptors (Lipinski definition) is 6. The maximum absolute atomic E-state index is 5.61. The summed E-state index contributed by atoms with van der Waals surface area (Å²) in [7, 11) is 0. The molecule has 1 N–H and O–H groups in total. The van der Waals surface area contributed by atoms with Gasteiger partial charge in [0.25, 0.3) is 0 Å². The highest BCUT2D eigenvalue weighted by molar-refractivity contribution is 5.36. The van der Waals surface area contributed by atoms with E-state index in [1.165, 1.54) is 38.5 Å². The highest BCUT2D eigenvalue weighted by Gasteiger charge is 2.37. The number of ether oxygens (including phenoxy) is 2. The van der Waals surface area contributed by atoms with Crippen LogP contribution in [0.4, 0.5) is 5.82 Å². The summed E-state index contributed by atoms with van der Waals surface area (Å²) in [5.74, 6) is 1.38. The molecule has 0 aromatic carbocycles. The zero-order chi connectivity index (χ0) is 17.7. The first-order valence-corrected chi connectivity index (χ1v) is 10.3. The van der Waals surface area contributed by atoms with Crippen LogP contribution < -0.4 is 5.32 Å². The van der Waals surface area contributed by atoms with Gasteiger partial charge < -0.3 is 14.8 Å². The van der Waals surface area contributed by atoms with Crippen LogP contribution in [0.3, 0.4) is 0 Å². The molecule has 0 radical (unpaired) electrons. The van der Waals surface area contributed by atoms with E-state index in [1.54, 1.807) is 6.33 Å². The molecule has 4 rings (SSSR count). The van der Waals surface area contributed by atoms with E-state index in [2.05, 4.69) is 26.3 Å². The lowest BCUT2D eigenvalue weighted by molar-refractivity contribution is -0.0240. The summed E-state index contributed by atoms with van der Waals surface area (Å²) in [4.78, 5) is 11.7. The molecule has 3 heterocycles. The van der Waals surface area contributed by atoms with Crippen molar-refractivity contribution < 1.29 is 9.47 Å². The Morgan fingerprint density at radius 2 is 1.85 bits per heavy atom. The van der Waals surface area contributed by atoms with E-state index in [-0.39, 0.29) is 5.54 Å². The van der Waals surface area contributed by atoms with Gasteiger partial charge in [0.15, 0.2) is 0 Å². The fourth-order valence-electron chi connectivity index (χ4n) is 4.74. The third-order valence-corrected chi connectivity index (χ3v) is 6.35. The van der Waals surface area contributed by atoms with Crippen molar-refractivity contribution in [1.29, 1.82) is 0 Å². The van der Waals surface area contributed by atoms with Crippen molar-refractivity contribution in [3.63, 3.8) is 0 Å². The molecule has 1 atom stereocenters. The van der Waals surface area contributed by atoms with Crippen LogP contribution >= 0.6 is 0 Å². The van der Waals surface area contributed by atoms with Gasteiger partial charge in [0, 0.05) is 43.8 Å². The van der Waals surface area contributed by atoms with Gasteiger partial charge >= 0.3 is 0 Å². The Hall–Kier alpha value is -1.24. The molecule has 6 heteroatoms. The minimum atomic E-state index is 0.238. The standard InChI is InChI=1S/C20H32N4O2/c1-2-4-7-20(6-3-1,24-8-11-25-12-9-24)15-21-19-13-18(22-16-23-19)17-5-10-26-14-17/h13,16-17H,1-12,14-15H2,(H,21,22,23)/t17-/m1/s1. The van der Waals surface area contributed by atoms with E-state index in [9.17, 15) is 0 Å². The van der Waals surface area contributed by atoms with Gasteiger partial charge in [-0.05, 0) is 19.3 Å². The van der Waals surface area contributed by atoms with Gasteiger partial charge in [-0.2, -0.15) is 0 Å². The van der Waals surface area contributed by atoms with Crippen LogP contribution in [0.25, 0.3) is 0 Å². The molecule has 0 bridgehead atoms. The lowest BCUT2D eigenvalue weighted by Gasteiger charge is -2.46. The molecule has 0 unspecified atom stereocenters. The summed E-state index contributed by atoms with van der Waals surface area (Å²) in [6.45, 7) is 6.42. The number of aromatic nitrogens is 2. The van der Waals surface area contributed by atoms with Crippen molar-refractivity contribution in [2.24, 2.45) is 0 Å². The first-order valence-electron chi connectivity index (χ1n) is 10.3. The fourth-order valence-corrected chi connectivity index (χ4v) is 4.74. The van der Waals surface area contributed by atoms with E-state index < -0.39 is 0 Å². The van der Waals surface area contributed by atoms with Crippen LogP contribution in [-0.4, -0.2) is 66.5 Å². The van der Waals surface area contributed by atoms with E-state index in [4.69, 9.17) is 9.47 Å². The van der Waals surface area contributed by atoms with Crippen molar-refractivity contribution in [3.8, 4) is 0 Å². The Bertz CT molecular complexity index is 563. The summed E-state index contributed by atoms with van der Waals surface area (Å²) >= 11 is 0. The van der Waals surface area contributed by atoms with Crippen LogP contribution in [0, 0.1) is 0 Å². The molecule has 26 heavy (non-hydrogen) atoms. The average molecular weight is 361 g/mol. The molecule has 1 saturated carbocycles. The molecule has 2 saturated heterocycles. The summed E-state index contributed by atoms with van der Waals surface area (Å²) in [5, 5.41) is 3.67. The molecule has 0 spiro atoms. The zero-order valence-electron chi connectivity index (χ0n) is 15.8. The molecular formula is C20H32N4O2. The molecule has 144 valence electrons. The maximum atomic E-state index is 5.61. The third-order valence-electron chi connectivity index (χ3n) is 6.35. The maximum Gasteiger partial charge on any atom is 0.129 e. The topological polar surface area (TPSA) is 59.5 Å². The first kappa shape index (κ1) is 18.1. The smallest absolute Gasteiger partial charge is 0.129 e. The van der Waals surface area contributed by atoms with Crippen LogP contribution in [-0.2, 0) is 9.47 Å². The van der Waals surface area contributed by atoms with Crippen LogP contribution in [0.2, 0.25) is 0 Å². The molecule has 1 aromatic rings. The monoisotopic (exact) mass is 360 g/mol. The number of nitrogens with zero attached hydrogens (tertiary/aromatic N) is 3. The summed E-state index contributed by atoms with van der Waals surface area (Å²) in [6.07, 6.45) is 10.7. The minimum Gasteiger partial charge on any atom is -0.381 e. The predicted octanol–water partition coefficient (Wildman–Crippen LogP) is 2.82. The van der Waals surface area contributed by atoms with Crippen molar-refractivity contribution in [3.05, 3.63) is 18.1 Å². The van der Waals surface area contributed by atoms with Gasteiger partial charge in [0.2, 0.25) is 0 Å². The minimum absolute atomic E-state index is 0.238.